The Morgan fingerprint density at radius 3 is 2.81 bits per heavy atom. The quantitative estimate of drug-likeness (QED) is 0.822. The third-order valence-corrected chi connectivity index (χ3v) is 2.45. The van der Waals surface area contributed by atoms with Crippen LogP contribution in [0.5, 0.6) is 0 Å². The zero-order chi connectivity index (χ0) is 11.5. The molecule has 84 valence electrons. The van der Waals surface area contributed by atoms with Gasteiger partial charge in [-0.1, -0.05) is 6.07 Å². The summed E-state index contributed by atoms with van der Waals surface area (Å²) in [5.74, 6) is 0.542. The fourth-order valence-corrected chi connectivity index (χ4v) is 1.51. The minimum absolute atomic E-state index is 0.000602. The molecule has 0 aliphatic heterocycles. The molecule has 16 heavy (non-hydrogen) atoms. The first kappa shape index (κ1) is 10.5. The number of anilines is 1. The van der Waals surface area contributed by atoms with Gasteiger partial charge in [-0.2, -0.15) is 5.10 Å². The summed E-state index contributed by atoms with van der Waals surface area (Å²) in [5, 5.41) is 4.13. The molecule has 0 spiro atoms. The van der Waals surface area contributed by atoms with Gasteiger partial charge in [0.1, 0.15) is 5.82 Å². The van der Waals surface area contributed by atoms with Crippen molar-refractivity contribution < 1.29 is 0 Å². The Morgan fingerprint density at radius 1 is 1.38 bits per heavy atom. The largest absolute Gasteiger partial charge is 0.382 e. The van der Waals surface area contributed by atoms with E-state index in [1.807, 2.05) is 19.2 Å². The molecule has 0 aliphatic rings. The fourth-order valence-electron chi connectivity index (χ4n) is 1.51. The summed E-state index contributed by atoms with van der Waals surface area (Å²) in [6.45, 7) is 3.15. The molecule has 0 aliphatic carbocycles. The maximum Gasteiger partial charge on any atom is 0.250 e. The van der Waals surface area contributed by atoms with E-state index in [1.54, 1.807) is 27.6 Å². The highest BCUT2D eigenvalue weighted by Crippen LogP contribution is 2.05. The third kappa shape index (κ3) is 2.13. The summed E-state index contributed by atoms with van der Waals surface area (Å²) in [6.07, 6.45) is 3.64. The Labute approximate surface area is 93.1 Å². The van der Waals surface area contributed by atoms with Crippen LogP contribution in [0.4, 0.5) is 5.82 Å². The van der Waals surface area contributed by atoms with Gasteiger partial charge in [-0.3, -0.25) is 9.48 Å². The van der Waals surface area contributed by atoms with Gasteiger partial charge in [0, 0.05) is 30.6 Å². The summed E-state index contributed by atoms with van der Waals surface area (Å²) in [7, 11) is 0. The van der Waals surface area contributed by atoms with Gasteiger partial charge in [0.05, 0.1) is 6.54 Å². The minimum atomic E-state index is -0.000602. The number of nitrogen functional groups attached to an aromatic ring is 1. The molecule has 0 bridgehead atoms. The van der Waals surface area contributed by atoms with E-state index in [0.717, 1.165) is 5.56 Å². The standard InChI is InChI=1S/C11H14N4O/c1-9-8-15(13-11(9)12)7-6-14-5-3-2-4-10(14)16/h2-5,8H,6-7H2,1H3,(H2,12,13). The second-order valence-electron chi connectivity index (χ2n) is 3.69. The highest BCUT2D eigenvalue weighted by atomic mass is 16.1. The SMILES string of the molecule is Cc1cn(CCn2ccccc2=O)nc1N. The Kier molecular flexibility index (Phi) is 2.76. The van der Waals surface area contributed by atoms with Gasteiger partial charge in [-0.25, -0.2) is 0 Å². The molecule has 2 aromatic rings. The second-order valence-corrected chi connectivity index (χ2v) is 3.69. The lowest BCUT2D eigenvalue weighted by molar-refractivity contribution is 0.525. The molecule has 0 aromatic carbocycles. The molecule has 2 N–H and O–H groups in total. The highest BCUT2D eigenvalue weighted by Gasteiger charge is 2.00. The molecule has 0 atom stereocenters. The van der Waals surface area contributed by atoms with Crippen LogP contribution >= 0.6 is 0 Å². The van der Waals surface area contributed by atoms with Crippen LogP contribution in [0.3, 0.4) is 0 Å². The molecule has 5 nitrogen and oxygen atoms in total. The van der Waals surface area contributed by atoms with Crippen LogP contribution in [0, 0.1) is 6.92 Å². The summed E-state index contributed by atoms with van der Waals surface area (Å²) < 4.78 is 3.40. The van der Waals surface area contributed by atoms with Gasteiger partial charge in [-0.15, -0.1) is 0 Å². The summed E-state index contributed by atoms with van der Waals surface area (Å²) in [4.78, 5) is 11.4. The number of hydrogen-bond donors (Lipinski definition) is 1. The van der Waals surface area contributed by atoms with E-state index in [-0.39, 0.29) is 5.56 Å². The zero-order valence-electron chi connectivity index (χ0n) is 9.13. The van der Waals surface area contributed by atoms with Gasteiger partial charge in [0.2, 0.25) is 0 Å². The van der Waals surface area contributed by atoms with Gasteiger partial charge in [0.15, 0.2) is 0 Å². The third-order valence-electron chi connectivity index (χ3n) is 2.45. The Hall–Kier alpha value is -2.04. The summed E-state index contributed by atoms with van der Waals surface area (Å²) in [5.41, 5.74) is 6.60. The normalized spacial score (nSPS) is 10.6. The molecule has 0 radical (unpaired) electrons. The molecular formula is C11H14N4O. The van der Waals surface area contributed by atoms with Crippen LogP contribution in [0.15, 0.2) is 35.4 Å². The Bertz CT molecular complexity index is 521. The van der Waals surface area contributed by atoms with Gasteiger partial charge in [-0.05, 0) is 13.0 Å². The van der Waals surface area contributed by atoms with Crippen molar-refractivity contribution in [3.8, 4) is 0 Å². The molecule has 2 heterocycles. The second kappa shape index (κ2) is 4.22. The maximum absolute atomic E-state index is 11.4. The van der Waals surface area contributed by atoms with E-state index in [2.05, 4.69) is 5.10 Å². The van der Waals surface area contributed by atoms with E-state index in [0.29, 0.717) is 18.9 Å². The monoisotopic (exact) mass is 218 g/mol. The Morgan fingerprint density at radius 2 is 2.19 bits per heavy atom. The van der Waals surface area contributed by atoms with Crippen molar-refractivity contribution in [2.75, 3.05) is 5.73 Å². The van der Waals surface area contributed by atoms with E-state index in [4.69, 9.17) is 5.73 Å². The lowest BCUT2D eigenvalue weighted by Crippen LogP contribution is -2.20. The van der Waals surface area contributed by atoms with Crippen molar-refractivity contribution in [2.45, 2.75) is 20.0 Å². The van der Waals surface area contributed by atoms with E-state index in [1.165, 1.54) is 0 Å². The molecule has 0 saturated carbocycles. The predicted octanol–water partition coefficient (Wildman–Crippen LogP) is 0.636. The zero-order valence-corrected chi connectivity index (χ0v) is 9.13. The van der Waals surface area contributed by atoms with Crippen LogP contribution in [0.2, 0.25) is 0 Å². The van der Waals surface area contributed by atoms with E-state index in [9.17, 15) is 4.79 Å². The highest BCUT2D eigenvalue weighted by molar-refractivity contribution is 5.35. The first-order valence-corrected chi connectivity index (χ1v) is 5.12. The summed E-state index contributed by atoms with van der Waals surface area (Å²) >= 11 is 0. The number of pyridine rings is 1. The fraction of sp³-hybridized carbons (Fsp3) is 0.273. The molecule has 0 amide bonds. The molecule has 0 saturated heterocycles. The molecule has 0 unspecified atom stereocenters. The number of rotatable bonds is 3. The van der Waals surface area contributed by atoms with Gasteiger partial charge < -0.3 is 10.3 Å². The van der Waals surface area contributed by atoms with Crippen LogP contribution in [0.1, 0.15) is 5.56 Å². The average Bonchev–Trinajstić information content (AvgIpc) is 2.57. The average molecular weight is 218 g/mol. The van der Waals surface area contributed by atoms with Crippen LogP contribution in [-0.4, -0.2) is 14.3 Å². The van der Waals surface area contributed by atoms with Crippen molar-refractivity contribution in [2.24, 2.45) is 0 Å². The maximum atomic E-state index is 11.4. The topological polar surface area (TPSA) is 65.8 Å². The number of nitrogens with zero attached hydrogens (tertiary/aromatic N) is 3. The summed E-state index contributed by atoms with van der Waals surface area (Å²) in [6, 6.07) is 5.11. The first-order valence-electron chi connectivity index (χ1n) is 5.12. The number of aromatic nitrogens is 3. The molecular weight excluding hydrogens is 204 g/mol. The van der Waals surface area contributed by atoms with Crippen molar-refractivity contribution in [1.82, 2.24) is 14.3 Å². The van der Waals surface area contributed by atoms with Crippen molar-refractivity contribution >= 4 is 5.82 Å². The molecule has 5 heteroatoms. The number of nitrogens with two attached hydrogens (primary N) is 1. The smallest absolute Gasteiger partial charge is 0.250 e. The van der Waals surface area contributed by atoms with Gasteiger partial charge >= 0.3 is 0 Å². The van der Waals surface area contributed by atoms with Crippen LogP contribution in [0.25, 0.3) is 0 Å². The van der Waals surface area contributed by atoms with E-state index < -0.39 is 0 Å². The molecule has 2 rings (SSSR count). The number of hydrogen-bond acceptors (Lipinski definition) is 3. The van der Waals surface area contributed by atoms with Gasteiger partial charge in [0.25, 0.3) is 5.56 Å². The van der Waals surface area contributed by atoms with Crippen molar-refractivity contribution in [3.63, 3.8) is 0 Å². The van der Waals surface area contributed by atoms with E-state index >= 15 is 0 Å². The first-order chi connectivity index (χ1) is 7.66. The lowest BCUT2D eigenvalue weighted by atomic mass is 10.4. The predicted molar refractivity (Wildman–Crippen MR) is 62.1 cm³/mol. The van der Waals surface area contributed by atoms with Crippen molar-refractivity contribution in [3.05, 3.63) is 46.5 Å². The molecule has 2 aromatic heterocycles. The Balaban J connectivity index is 2.08. The van der Waals surface area contributed by atoms with Crippen LogP contribution < -0.4 is 11.3 Å². The van der Waals surface area contributed by atoms with Crippen molar-refractivity contribution in [1.29, 1.82) is 0 Å². The number of aryl methyl sites for hydroxylation is 3. The molecule has 0 fully saturated rings. The lowest BCUT2D eigenvalue weighted by Gasteiger charge is -2.04. The van der Waals surface area contributed by atoms with Crippen LogP contribution in [-0.2, 0) is 13.1 Å². The minimum Gasteiger partial charge on any atom is -0.382 e.